The molecule has 3 rings (SSSR count). The van der Waals surface area contributed by atoms with Crippen LogP contribution in [0.3, 0.4) is 0 Å². The zero-order valence-electron chi connectivity index (χ0n) is 17.2. The molecule has 0 atom stereocenters. The number of nitrogens with one attached hydrogen (secondary N) is 1. The summed E-state index contributed by atoms with van der Waals surface area (Å²) >= 11 is 21.7. The summed E-state index contributed by atoms with van der Waals surface area (Å²) in [6, 6.07) is 17.4. The van der Waals surface area contributed by atoms with E-state index in [0.717, 1.165) is 10.0 Å². The lowest BCUT2D eigenvalue weighted by Crippen LogP contribution is -2.13. The maximum Gasteiger partial charge on any atom is 0.266 e. The molecule has 0 spiro atoms. The Balaban J connectivity index is 1.81. The van der Waals surface area contributed by atoms with Crippen molar-refractivity contribution < 1.29 is 14.3 Å². The zero-order chi connectivity index (χ0) is 24.0. The minimum atomic E-state index is -0.610. The Morgan fingerprint density at radius 3 is 2.42 bits per heavy atom. The summed E-state index contributed by atoms with van der Waals surface area (Å²) in [5.74, 6) is 0.118. The summed E-state index contributed by atoms with van der Waals surface area (Å²) in [5, 5.41) is 13.0. The highest BCUT2D eigenvalue weighted by Crippen LogP contribution is 2.37. The average Bonchev–Trinajstić information content (AvgIpc) is 2.79. The molecule has 3 aromatic carbocycles. The van der Waals surface area contributed by atoms with Gasteiger partial charge in [-0.25, -0.2) is 0 Å². The molecule has 0 fully saturated rings. The van der Waals surface area contributed by atoms with E-state index in [9.17, 15) is 10.1 Å². The lowest BCUT2D eigenvalue weighted by molar-refractivity contribution is -0.112. The average molecular weight is 567 g/mol. The Morgan fingerprint density at radius 1 is 1.06 bits per heavy atom. The highest BCUT2D eigenvalue weighted by atomic mass is 79.9. The van der Waals surface area contributed by atoms with Gasteiger partial charge in [0.05, 0.1) is 22.2 Å². The number of hydrogen-bond donors (Lipinski definition) is 1. The zero-order valence-corrected chi connectivity index (χ0v) is 21.0. The molecule has 0 aliphatic rings. The van der Waals surface area contributed by atoms with Gasteiger partial charge >= 0.3 is 0 Å². The lowest BCUT2D eigenvalue weighted by Gasteiger charge is -2.14. The van der Waals surface area contributed by atoms with Crippen molar-refractivity contribution in [2.75, 3.05) is 12.4 Å². The van der Waals surface area contributed by atoms with Crippen LogP contribution in [0.5, 0.6) is 11.5 Å². The summed E-state index contributed by atoms with van der Waals surface area (Å²) in [6.07, 6.45) is 1.40. The van der Waals surface area contributed by atoms with Gasteiger partial charge in [0.25, 0.3) is 5.91 Å². The lowest BCUT2D eigenvalue weighted by atomic mass is 10.1. The van der Waals surface area contributed by atoms with E-state index in [1.54, 1.807) is 24.3 Å². The Labute approximate surface area is 214 Å². The summed E-state index contributed by atoms with van der Waals surface area (Å²) in [7, 11) is 1.48. The normalized spacial score (nSPS) is 11.0. The van der Waals surface area contributed by atoms with Gasteiger partial charge in [0.1, 0.15) is 18.2 Å². The molecule has 0 saturated heterocycles. The molecule has 0 saturated carbocycles. The fourth-order valence-electron chi connectivity index (χ4n) is 2.79. The van der Waals surface area contributed by atoms with Crippen LogP contribution in [0, 0.1) is 11.3 Å². The van der Waals surface area contributed by atoms with Crippen LogP contribution in [0.1, 0.15) is 11.1 Å². The van der Waals surface area contributed by atoms with Crippen molar-refractivity contribution in [3.05, 3.63) is 90.8 Å². The number of nitrogens with zero attached hydrogens (tertiary/aromatic N) is 1. The number of anilines is 1. The molecule has 3 aromatic rings. The second-order valence-electron chi connectivity index (χ2n) is 6.70. The largest absolute Gasteiger partial charge is 0.493 e. The number of nitriles is 1. The number of rotatable bonds is 7. The number of carbonyl (C=O) groups is 1. The van der Waals surface area contributed by atoms with E-state index < -0.39 is 5.91 Å². The smallest absolute Gasteiger partial charge is 0.266 e. The standard InChI is InChI=1S/C24H16BrCl3N2O3/c1-32-22-10-15(9-21(28)23(22)33-13-14-2-4-17(25)5-3-14)8-16(12-29)24(31)30-18-6-7-19(26)20(27)11-18/h2-11H,13H2,1H3,(H,30,31)/b16-8+. The van der Waals surface area contributed by atoms with E-state index in [0.29, 0.717) is 27.8 Å². The highest BCUT2D eigenvalue weighted by Gasteiger charge is 2.15. The monoisotopic (exact) mass is 564 g/mol. The van der Waals surface area contributed by atoms with Crippen molar-refractivity contribution >= 4 is 68.4 Å². The molecule has 1 amide bonds. The van der Waals surface area contributed by atoms with Crippen LogP contribution in [0.4, 0.5) is 5.69 Å². The van der Waals surface area contributed by atoms with Crippen LogP contribution in [0.25, 0.3) is 6.08 Å². The maximum absolute atomic E-state index is 12.6. The highest BCUT2D eigenvalue weighted by molar-refractivity contribution is 9.10. The summed E-state index contributed by atoms with van der Waals surface area (Å²) in [5.41, 5.74) is 1.71. The topological polar surface area (TPSA) is 71.3 Å². The molecule has 5 nitrogen and oxygen atoms in total. The molecule has 33 heavy (non-hydrogen) atoms. The van der Waals surface area contributed by atoms with Crippen LogP contribution in [0.15, 0.2) is 64.6 Å². The van der Waals surface area contributed by atoms with Gasteiger partial charge < -0.3 is 14.8 Å². The van der Waals surface area contributed by atoms with Crippen LogP contribution >= 0.6 is 50.7 Å². The molecule has 0 heterocycles. The molecule has 0 unspecified atom stereocenters. The van der Waals surface area contributed by atoms with E-state index in [-0.39, 0.29) is 22.2 Å². The van der Waals surface area contributed by atoms with E-state index >= 15 is 0 Å². The Kier molecular flexibility index (Phi) is 8.65. The van der Waals surface area contributed by atoms with Crippen molar-refractivity contribution in [1.29, 1.82) is 5.26 Å². The van der Waals surface area contributed by atoms with Crippen molar-refractivity contribution in [2.45, 2.75) is 6.61 Å². The molecule has 9 heteroatoms. The maximum atomic E-state index is 12.6. The number of hydrogen-bond acceptors (Lipinski definition) is 4. The predicted molar refractivity (Wildman–Crippen MR) is 135 cm³/mol. The Hall–Kier alpha value is -2.69. The molecule has 0 aliphatic carbocycles. The SMILES string of the molecule is COc1cc(/C=C(\C#N)C(=O)Nc2ccc(Cl)c(Cl)c2)cc(Cl)c1OCc1ccc(Br)cc1. The number of amides is 1. The Bertz CT molecular complexity index is 1260. The third-order valence-corrected chi connectivity index (χ3v) is 5.95. The molecule has 0 radical (unpaired) electrons. The van der Waals surface area contributed by atoms with E-state index in [1.165, 1.54) is 19.3 Å². The van der Waals surface area contributed by atoms with Crippen molar-refractivity contribution in [1.82, 2.24) is 0 Å². The first-order chi connectivity index (χ1) is 15.8. The number of methoxy groups -OCH3 is 1. The first-order valence-electron chi connectivity index (χ1n) is 9.43. The second kappa shape index (κ2) is 11.4. The third-order valence-electron chi connectivity index (χ3n) is 4.40. The van der Waals surface area contributed by atoms with Gasteiger partial charge in [-0.15, -0.1) is 0 Å². The minimum absolute atomic E-state index is 0.136. The fourth-order valence-corrected chi connectivity index (χ4v) is 3.62. The van der Waals surface area contributed by atoms with Gasteiger partial charge in [0, 0.05) is 10.2 Å². The summed E-state index contributed by atoms with van der Waals surface area (Å²) in [6.45, 7) is 0.286. The van der Waals surface area contributed by atoms with E-state index in [2.05, 4.69) is 21.2 Å². The molecule has 0 aliphatic heterocycles. The quantitative estimate of drug-likeness (QED) is 0.237. The summed E-state index contributed by atoms with van der Waals surface area (Å²) in [4.78, 5) is 12.6. The molecule has 0 aromatic heterocycles. The van der Waals surface area contributed by atoms with Gasteiger partial charge in [-0.2, -0.15) is 5.26 Å². The fraction of sp³-hybridized carbons (Fsp3) is 0.0833. The molecular formula is C24H16BrCl3N2O3. The second-order valence-corrected chi connectivity index (χ2v) is 8.84. The third kappa shape index (κ3) is 6.66. The van der Waals surface area contributed by atoms with Gasteiger partial charge in [-0.3, -0.25) is 4.79 Å². The van der Waals surface area contributed by atoms with Gasteiger partial charge in [-0.05, 0) is 59.7 Å². The van der Waals surface area contributed by atoms with Crippen molar-refractivity contribution in [2.24, 2.45) is 0 Å². The molecular weight excluding hydrogens is 551 g/mol. The summed E-state index contributed by atoms with van der Waals surface area (Å²) < 4.78 is 12.2. The Morgan fingerprint density at radius 2 is 1.79 bits per heavy atom. The number of ether oxygens (including phenoxy) is 2. The van der Waals surface area contributed by atoms with Crippen LogP contribution in [-0.4, -0.2) is 13.0 Å². The first kappa shape index (κ1) is 24.9. The molecule has 1 N–H and O–H groups in total. The number of benzene rings is 3. The van der Waals surface area contributed by atoms with Crippen molar-refractivity contribution in [3.63, 3.8) is 0 Å². The van der Waals surface area contributed by atoms with Crippen molar-refractivity contribution in [3.8, 4) is 17.6 Å². The predicted octanol–water partition coefficient (Wildman–Crippen LogP) is 7.54. The van der Waals surface area contributed by atoms with Crippen LogP contribution in [0.2, 0.25) is 15.1 Å². The van der Waals surface area contributed by atoms with E-state index in [1.807, 2.05) is 30.3 Å². The van der Waals surface area contributed by atoms with Gasteiger partial charge in [0.2, 0.25) is 0 Å². The molecule has 168 valence electrons. The number of halogens is 4. The van der Waals surface area contributed by atoms with E-state index in [4.69, 9.17) is 44.3 Å². The first-order valence-corrected chi connectivity index (χ1v) is 11.4. The van der Waals surface area contributed by atoms with Crippen LogP contribution in [-0.2, 0) is 11.4 Å². The number of carbonyl (C=O) groups excluding carboxylic acids is 1. The van der Waals surface area contributed by atoms with Crippen LogP contribution < -0.4 is 14.8 Å². The minimum Gasteiger partial charge on any atom is -0.493 e. The van der Waals surface area contributed by atoms with Gasteiger partial charge in [-0.1, -0.05) is 62.9 Å². The van der Waals surface area contributed by atoms with Gasteiger partial charge in [0.15, 0.2) is 11.5 Å². The molecule has 0 bridgehead atoms.